The summed E-state index contributed by atoms with van der Waals surface area (Å²) in [6.07, 6.45) is 1.93. The van der Waals surface area contributed by atoms with E-state index < -0.39 is 92.5 Å². The normalized spacial score (nSPS) is 48.9. The number of ketones is 1. The molecule has 7 aliphatic rings. The number of fused-ring (bicyclic) bond motifs is 3. The maximum atomic E-state index is 14.6. The van der Waals surface area contributed by atoms with Crippen molar-refractivity contribution in [3.63, 3.8) is 0 Å². The van der Waals surface area contributed by atoms with Crippen LogP contribution in [-0.2, 0) is 47.5 Å². The molecule has 0 radical (unpaired) electrons. The van der Waals surface area contributed by atoms with E-state index in [-0.39, 0.29) is 18.1 Å². The first-order valence-electron chi connectivity index (χ1n) is 18.3. The zero-order chi connectivity index (χ0) is 36.1. The van der Waals surface area contributed by atoms with E-state index in [1.165, 1.54) is 12.5 Å². The van der Waals surface area contributed by atoms with E-state index in [4.69, 9.17) is 37.6 Å². The highest BCUT2D eigenvalue weighted by molar-refractivity contribution is 6.01. The molecule has 3 saturated heterocycles. The molecule has 0 amide bonds. The summed E-state index contributed by atoms with van der Waals surface area (Å²) in [7, 11) is 0. The Labute approximate surface area is 292 Å². The predicted octanol–water partition coefficient (Wildman–Crippen LogP) is 5.15. The van der Waals surface area contributed by atoms with Gasteiger partial charge in [0.1, 0.15) is 23.1 Å². The summed E-state index contributed by atoms with van der Waals surface area (Å²) in [4.78, 5) is 56.7. The molecular formula is C38H50O12. The molecule has 50 heavy (non-hydrogen) atoms. The molecule has 4 heterocycles. The van der Waals surface area contributed by atoms with E-state index >= 15 is 0 Å². The molecule has 0 N–H and O–H groups in total. The molecule has 1 aromatic heterocycles. The molecule has 3 aliphatic heterocycles. The Morgan fingerprint density at radius 2 is 1.66 bits per heavy atom. The fourth-order valence-corrected chi connectivity index (χ4v) is 12.7. The van der Waals surface area contributed by atoms with Crippen LogP contribution >= 0.6 is 0 Å². The molecule has 3 spiro atoms. The van der Waals surface area contributed by atoms with Gasteiger partial charge in [-0.15, -0.1) is 0 Å². The zero-order valence-electron chi connectivity index (χ0n) is 30.5. The Morgan fingerprint density at radius 1 is 0.960 bits per heavy atom. The Balaban J connectivity index is 1.46. The van der Waals surface area contributed by atoms with Crippen LogP contribution in [0.4, 0.5) is 0 Å². The summed E-state index contributed by atoms with van der Waals surface area (Å²) < 4.78 is 53.0. The minimum Gasteiger partial charge on any atom is -0.472 e. The van der Waals surface area contributed by atoms with Gasteiger partial charge >= 0.3 is 17.9 Å². The number of ether oxygens (including phenoxy) is 7. The second kappa shape index (κ2) is 10.2. The summed E-state index contributed by atoms with van der Waals surface area (Å²) in [6, 6.07) is 1.63. The minimum atomic E-state index is -1.85. The molecule has 4 saturated carbocycles. The van der Waals surface area contributed by atoms with Crippen molar-refractivity contribution in [2.75, 3.05) is 13.2 Å². The van der Waals surface area contributed by atoms with Gasteiger partial charge in [-0.2, -0.15) is 0 Å². The van der Waals surface area contributed by atoms with Crippen LogP contribution in [0.1, 0.15) is 105 Å². The molecule has 12 heteroatoms. The van der Waals surface area contributed by atoms with Crippen molar-refractivity contribution in [2.45, 2.75) is 135 Å². The van der Waals surface area contributed by atoms with Crippen LogP contribution in [0.3, 0.4) is 0 Å². The van der Waals surface area contributed by atoms with Crippen molar-refractivity contribution in [1.29, 1.82) is 0 Å². The lowest BCUT2D eigenvalue weighted by Gasteiger charge is -2.77. The molecule has 4 aliphatic carbocycles. The first kappa shape index (κ1) is 34.3. The summed E-state index contributed by atoms with van der Waals surface area (Å²) in [5, 5.41) is 0. The van der Waals surface area contributed by atoms with Crippen LogP contribution in [-0.4, -0.2) is 77.5 Å². The topological polar surface area (TPSA) is 146 Å². The molecule has 4 bridgehead atoms. The Morgan fingerprint density at radius 3 is 2.30 bits per heavy atom. The number of rotatable bonds is 10. The number of carbonyl (C=O) groups is 4. The molecular weight excluding hydrogens is 648 g/mol. The molecule has 274 valence electrons. The van der Waals surface area contributed by atoms with Crippen molar-refractivity contribution in [1.82, 2.24) is 0 Å². The van der Waals surface area contributed by atoms with E-state index in [0.717, 1.165) is 0 Å². The van der Waals surface area contributed by atoms with Gasteiger partial charge in [-0.25, -0.2) is 0 Å². The maximum absolute atomic E-state index is 14.6. The number of hydrogen-bond donors (Lipinski definition) is 0. The SMILES string of the molecule is CCOCCC1C2(C)CC34OC5(C)OC67C(CC(=O)OC6C3(OC(=O)C(C)C)C2OC(=O)C(C)C)C(C)(C(=O)c2ccoc2)CCC7(O5)C14C. The van der Waals surface area contributed by atoms with Gasteiger partial charge in [0.25, 0.3) is 5.97 Å². The highest BCUT2D eigenvalue weighted by Gasteiger charge is 3.05. The van der Waals surface area contributed by atoms with Gasteiger partial charge in [0.15, 0.2) is 18.0 Å². The quantitative estimate of drug-likeness (QED) is 0.138. The van der Waals surface area contributed by atoms with Gasteiger partial charge in [-0.05, 0) is 44.6 Å². The van der Waals surface area contributed by atoms with Gasteiger partial charge < -0.3 is 37.6 Å². The Hall–Kier alpha value is -2.80. The van der Waals surface area contributed by atoms with Gasteiger partial charge in [0.2, 0.25) is 5.60 Å². The van der Waals surface area contributed by atoms with Crippen LogP contribution in [0.5, 0.6) is 0 Å². The number of esters is 3. The van der Waals surface area contributed by atoms with E-state index in [1.54, 1.807) is 40.7 Å². The molecule has 1 aromatic rings. The molecule has 7 fully saturated rings. The predicted molar refractivity (Wildman–Crippen MR) is 172 cm³/mol. The number of Topliss-reactive ketones (excluding diaryl/α,β-unsaturated/α-hetero) is 1. The highest BCUT2D eigenvalue weighted by atomic mass is 16.9. The van der Waals surface area contributed by atoms with Gasteiger partial charge in [0, 0.05) is 42.3 Å². The maximum Gasteiger partial charge on any atom is 0.309 e. The number of hydrogen-bond acceptors (Lipinski definition) is 12. The van der Waals surface area contributed by atoms with Crippen LogP contribution in [0, 0.1) is 39.9 Å². The molecule has 12 atom stereocenters. The van der Waals surface area contributed by atoms with Crippen molar-refractivity contribution >= 4 is 23.7 Å². The average molecular weight is 699 g/mol. The van der Waals surface area contributed by atoms with Gasteiger partial charge in [-0.1, -0.05) is 48.5 Å². The fraction of sp³-hybridized carbons (Fsp3) is 0.789. The van der Waals surface area contributed by atoms with E-state index in [0.29, 0.717) is 44.5 Å². The summed E-state index contributed by atoms with van der Waals surface area (Å²) in [5.74, 6) is -5.61. The fourth-order valence-electron chi connectivity index (χ4n) is 12.7. The van der Waals surface area contributed by atoms with Crippen LogP contribution in [0.15, 0.2) is 23.0 Å². The third-order valence-corrected chi connectivity index (χ3v) is 14.3. The van der Waals surface area contributed by atoms with Crippen molar-refractivity contribution < 1.29 is 56.8 Å². The first-order chi connectivity index (χ1) is 23.4. The van der Waals surface area contributed by atoms with E-state index in [9.17, 15) is 19.2 Å². The summed E-state index contributed by atoms with van der Waals surface area (Å²) in [5.41, 5.74) is -8.52. The van der Waals surface area contributed by atoms with Crippen LogP contribution in [0.25, 0.3) is 0 Å². The lowest BCUT2D eigenvalue weighted by atomic mass is 9.33. The van der Waals surface area contributed by atoms with E-state index in [1.807, 2.05) is 13.8 Å². The first-order valence-corrected chi connectivity index (χ1v) is 18.3. The van der Waals surface area contributed by atoms with Gasteiger partial charge in [0.05, 0.1) is 30.1 Å². The number of carbonyl (C=O) groups excluding carboxylic acids is 4. The lowest BCUT2D eigenvalue weighted by Crippen LogP contribution is -2.94. The Kier molecular flexibility index (Phi) is 7.00. The Bertz CT molecular complexity index is 1650. The summed E-state index contributed by atoms with van der Waals surface area (Å²) >= 11 is 0. The largest absolute Gasteiger partial charge is 0.472 e. The third-order valence-electron chi connectivity index (χ3n) is 14.3. The van der Waals surface area contributed by atoms with Crippen molar-refractivity contribution in [2.24, 2.45) is 39.9 Å². The lowest BCUT2D eigenvalue weighted by molar-refractivity contribution is -0.478. The summed E-state index contributed by atoms with van der Waals surface area (Å²) in [6.45, 7) is 17.6. The van der Waals surface area contributed by atoms with Crippen molar-refractivity contribution in [3.8, 4) is 0 Å². The molecule has 8 rings (SSSR count). The smallest absolute Gasteiger partial charge is 0.309 e. The monoisotopic (exact) mass is 698 g/mol. The highest BCUT2D eigenvalue weighted by Crippen LogP contribution is 2.90. The minimum absolute atomic E-state index is 0.146. The average Bonchev–Trinajstić information content (AvgIpc) is 3.74. The van der Waals surface area contributed by atoms with Gasteiger partial charge in [-0.3, -0.25) is 19.2 Å². The molecule has 0 aromatic carbocycles. The second-order valence-corrected chi connectivity index (χ2v) is 17.3. The van der Waals surface area contributed by atoms with Crippen LogP contribution in [0.2, 0.25) is 0 Å². The molecule has 12 unspecified atom stereocenters. The second-order valence-electron chi connectivity index (χ2n) is 17.3. The standard InChI is InChI=1S/C38H50O12/c1-10-43-16-12-23-32(7)19-36-33(23,8)35-14-13-31(6,26(40)22-11-15-44-18-22)24-17-25(39)45-30(37(24,35)50-34(9,48-35)49-36)38(36,47-28(42)21(4)5)29(32)46-27(41)20(2)3/h11,15,18,20-21,23-24,29-30H,10,12-14,16-17,19H2,1-9H3. The third kappa shape index (κ3) is 3.48. The zero-order valence-corrected chi connectivity index (χ0v) is 30.5. The number of furan rings is 1. The molecule has 12 nitrogen and oxygen atoms in total. The van der Waals surface area contributed by atoms with E-state index in [2.05, 4.69) is 13.8 Å². The van der Waals surface area contributed by atoms with Crippen LogP contribution < -0.4 is 0 Å². The van der Waals surface area contributed by atoms with Crippen molar-refractivity contribution in [3.05, 3.63) is 24.2 Å².